The first kappa shape index (κ1) is 18.5. The normalized spacial score (nSPS) is 10.3. The fourth-order valence-electron chi connectivity index (χ4n) is 2.64. The summed E-state index contributed by atoms with van der Waals surface area (Å²) in [5.41, 5.74) is 2.84. The van der Waals surface area contributed by atoms with E-state index in [9.17, 15) is 9.18 Å². The smallest absolute Gasteiger partial charge is 0.255 e. The lowest BCUT2D eigenvalue weighted by Crippen LogP contribution is -2.12. The second-order valence-electron chi connectivity index (χ2n) is 6.09. The molecule has 0 saturated carbocycles. The average Bonchev–Trinajstić information content (AvgIpc) is 2.68. The molecular formula is C22H20FNO3. The minimum absolute atomic E-state index is 0.268. The maximum Gasteiger partial charge on any atom is 0.255 e. The Kier molecular flexibility index (Phi) is 5.71. The first-order valence-electron chi connectivity index (χ1n) is 8.48. The first-order chi connectivity index (χ1) is 13.0. The van der Waals surface area contributed by atoms with Crippen molar-refractivity contribution < 1.29 is 18.7 Å². The summed E-state index contributed by atoms with van der Waals surface area (Å²) in [6.07, 6.45) is 0. The van der Waals surface area contributed by atoms with Crippen LogP contribution >= 0.6 is 0 Å². The van der Waals surface area contributed by atoms with Gasteiger partial charge in [0, 0.05) is 16.8 Å². The molecule has 0 radical (unpaired) electrons. The van der Waals surface area contributed by atoms with Gasteiger partial charge in [-0.3, -0.25) is 4.79 Å². The molecule has 138 valence electrons. The molecule has 0 spiro atoms. The van der Waals surface area contributed by atoms with Crippen molar-refractivity contribution >= 4 is 11.6 Å². The van der Waals surface area contributed by atoms with Crippen LogP contribution in [0.15, 0.2) is 66.7 Å². The van der Waals surface area contributed by atoms with Crippen LogP contribution in [-0.4, -0.2) is 13.0 Å². The molecule has 27 heavy (non-hydrogen) atoms. The summed E-state index contributed by atoms with van der Waals surface area (Å²) in [5, 5.41) is 2.74. The molecule has 0 atom stereocenters. The minimum atomic E-state index is -0.354. The van der Waals surface area contributed by atoms with E-state index >= 15 is 0 Å². The quantitative estimate of drug-likeness (QED) is 0.671. The molecule has 1 amide bonds. The Balaban J connectivity index is 1.75. The van der Waals surface area contributed by atoms with E-state index < -0.39 is 0 Å². The molecule has 0 bridgehead atoms. The van der Waals surface area contributed by atoms with E-state index in [1.807, 2.05) is 31.2 Å². The molecule has 0 aromatic heterocycles. The molecule has 0 fully saturated rings. The molecule has 3 aromatic carbocycles. The number of halogens is 1. The molecule has 0 heterocycles. The van der Waals surface area contributed by atoms with Crippen molar-refractivity contribution in [2.45, 2.75) is 13.5 Å². The number of hydrogen-bond donors (Lipinski definition) is 1. The highest BCUT2D eigenvalue weighted by atomic mass is 19.1. The predicted molar refractivity (Wildman–Crippen MR) is 103 cm³/mol. The topological polar surface area (TPSA) is 47.6 Å². The standard InChI is InChI=1S/C22H20FNO3/c1-15-4-3-5-20(12-15)27-14-17-13-16(6-11-21(17)26-2)22(25)24-19-9-7-18(23)8-10-19/h3-13H,14H2,1-2H3,(H,24,25). The van der Waals surface area contributed by atoms with Crippen LogP contribution in [0.1, 0.15) is 21.5 Å². The molecule has 0 aliphatic heterocycles. The number of benzene rings is 3. The molecule has 1 N–H and O–H groups in total. The number of methoxy groups -OCH3 is 1. The van der Waals surface area contributed by atoms with Crippen LogP contribution in [-0.2, 0) is 6.61 Å². The summed E-state index contributed by atoms with van der Waals surface area (Å²) < 4.78 is 24.2. The monoisotopic (exact) mass is 365 g/mol. The van der Waals surface area contributed by atoms with Gasteiger partial charge >= 0.3 is 0 Å². The molecule has 0 aliphatic rings. The van der Waals surface area contributed by atoms with Crippen molar-refractivity contribution in [1.82, 2.24) is 0 Å². The van der Waals surface area contributed by atoms with Gasteiger partial charge in [-0.15, -0.1) is 0 Å². The van der Waals surface area contributed by atoms with E-state index in [1.54, 1.807) is 25.3 Å². The van der Waals surface area contributed by atoms with Gasteiger partial charge in [-0.1, -0.05) is 12.1 Å². The summed E-state index contributed by atoms with van der Waals surface area (Å²) in [6.45, 7) is 2.26. The van der Waals surface area contributed by atoms with Crippen LogP contribution in [0.2, 0.25) is 0 Å². The maximum absolute atomic E-state index is 13.0. The summed E-state index contributed by atoms with van der Waals surface area (Å²) in [6, 6.07) is 18.5. The minimum Gasteiger partial charge on any atom is -0.496 e. The molecule has 5 heteroatoms. The third-order valence-electron chi connectivity index (χ3n) is 4.03. The van der Waals surface area contributed by atoms with E-state index in [0.29, 0.717) is 17.0 Å². The third-order valence-corrected chi connectivity index (χ3v) is 4.03. The van der Waals surface area contributed by atoms with E-state index in [1.165, 1.54) is 24.3 Å². The van der Waals surface area contributed by atoms with Crippen molar-refractivity contribution in [2.75, 3.05) is 12.4 Å². The number of hydrogen-bond acceptors (Lipinski definition) is 3. The van der Waals surface area contributed by atoms with E-state index in [4.69, 9.17) is 9.47 Å². The van der Waals surface area contributed by atoms with E-state index in [-0.39, 0.29) is 18.3 Å². The Labute approximate surface area is 157 Å². The lowest BCUT2D eigenvalue weighted by molar-refractivity contribution is 0.102. The second-order valence-corrected chi connectivity index (χ2v) is 6.09. The number of ether oxygens (including phenoxy) is 2. The predicted octanol–water partition coefficient (Wildman–Crippen LogP) is 4.97. The molecule has 0 saturated heterocycles. The van der Waals surface area contributed by atoms with Gasteiger partial charge in [0.25, 0.3) is 5.91 Å². The molecule has 3 rings (SSSR count). The van der Waals surface area contributed by atoms with Crippen LogP contribution in [0.3, 0.4) is 0 Å². The van der Waals surface area contributed by atoms with Crippen molar-refractivity contribution in [2.24, 2.45) is 0 Å². The van der Waals surface area contributed by atoms with Crippen LogP contribution in [0.4, 0.5) is 10.1 Å². The van der Waals surface area contributed by atoms with Crippen LogP contribution in [0, 0.1) is 12.7 Å². The van der Waals surface area contributed by atoms with Gasteiger partial charge < -0.3 is 14.8 Å². The molecule has 0 aliphatic carbocycles. The summed E-state index contributed by atoms with van der Waals surface area (Å²) in [4.78, 5) is 12.5. The lowest BCUT2D eigenvalue weighted by atomic mass is 10.1. The van der Waals surface area contributed by atoms with Crippen molar-refractivity contribution in [1.29, 1.82) is 0 Å². The lowest BCUT2D eigenvalue weighted by Gasteiger charge is -2.13. The molecule has 0 unspecified atom stereocenters. The van der Waals surface area contributed by atoms with E-state index in [2.05, 4.69) is 5.32 Å². The molecule has 4 nitrogen and oxygen atoms in total. The Hall–Kier alpha value is -3.34. The van der Waals surface area contributed by atoms with Crippen LogP contribution in [0.25, 0.3) is 0 Å². The fraction of sp³-hybridized carbons (Fsp3) is 0.136. The van der Waals surface area contributed by atoms with E-state index in [0.717, 1.165) is 16.9 Å². The molecular weight excluding hydrogens is 345 g/mol. The number of nitrogens with one attached hydrogen (secondary N) is 1. The third kappa shape index (κ3) is 4.85. The van der Waals surface area contributed by atoms with Gasteiger partial charge in [-0.25, -0.2) is 4.39 Å². The largest absolute Gasteiger partial charge is 0.496 e. The van der Waals surface area contributed by atoms with Crippen molar-refractivity contribution in [3.63, 3.8) is 0 Å². The Morgan fingerprint density at radius 2 is 1.81 bits per heavy atom. The summed E-state index contributed by atoms with van der Waals surface area (Å²) in [7, 11) is 1.57. The summed E-state index contributed by atoms with van der Waals surface area (Å²) >= 11 is 0. The highest BCUT2D eigenvalue weighted by molar-refractivity contribution is 6.04. The van der Waals surface area contributed by atoms with Gasteiger partial charge in [-0.2, -0.15) is 0 Å². The summed E-state index contributed by atoms with van der Waals surface area (Å²) in [5.74, 6) is 0.744. The maximum atomic E-state index is 13.0. The Bertz CT molecular complexity index is 939. The van der Waals surface area contributed by atoms with Crippen molar-refractivity contribution in [3.8, 4) is 11.5 Å². The number of anilines is 1. The van der Waals surface area contributed by atoms with Gasteiger partial charge in [0.1, 0.15) is 23.9 Å². The Morgan fingerprint density at radius 1 is 1.04 bits per heavy atom. The zero-order chi connectivity index (χ0) is 19.2. The number of amides is 1. The number of aryl methyl sites for hydroxylation is 1. The van der Waals surface area contributed by atoms with Gasteiger partial charge in [0.05, 0.1) is 7.11 Å². The van der Waals surface area contributed by atoms with Crippen LogP contribution in [0.5, 0.6) is 11.5 Å². The van der Waals surface area contributed by atoms with Crippen LogP contribution < -0.4 is 14.8 Å². The zero-order valence-electron chi connectivity index (χ0n) is 15.2. The highest BCUT2D eigenvalue weighted by Crippen LogP contribution is 2.23. The fourth-order valence-corrected chi connectivity index (χ4v) is 2.64. The number of carbonyl (C=O) groups excluding carboxylic acids is 1. The average molecular weight is 365 g/mol. The van der Waals surface area contributed by atoms with Gasteiger partial charge in [-0.05, 0) is 67.1 Å². The zero-order valence-corrected chi connectivity index (χ0v) is 15.2. The first-order valence-corrected chi connectivity index (χ1v) is 8.48. The van der Waals surface area contributed by atoms with Gasteiger partial charge in [0.2, 0.25) is 0 Å². The second kappa shape index (κ2) is 8.36. The molecule has 3 aromatic rings. The number of rotatable bonds is 6. The SMILES string of the molecule is COc1ccc(C(=O)Nc2ccc(F)cc2)cc1COc1cccc(C)c1. The highest BCUT2D eigenvalue weighted by Gasteiger charge is 2.11. The van der Waals surface area contributed by atoms with Gasteiger partial charge in [0.15, 0.2) is 0 Å². The number of carbonyl (C=O) groups is 1. The Morgan fingerprint density at radius 3 is 2.52 bits per heavy atom. The van der Waals surface area contributed by atoms with Crippen molar-refractivity contribution in [3.05, 3.63) is 89.2 Å².